The average molecular weight is 501 g/mol. The van der Waals surface area contributed by atoms with Crippen LogP contribution in [0.4, 0.5) is 16.2 Å². The summed E-state index contributed by atoms with van der Waals surface area (Å²) < 4.78 is 5.59. The SMILES string of the molecule is CC(C)N1CCN(c2cccc(Cl)c2NC(=O)N2CCC(C)(c3noc(C4(C)CC4)n3)CC2)CC1. The first-order chi connectivity index (χ1) is 16.7. The van der Waals surface area contributed by atoms with E-state index in [0.717, 1.165) is 69.3 Å². The second kappa shape index (κ2) is 9.28. The molecule has 2 aromatic rings. The maximum absolute atomic E-state index is 13.3. The lowest BCUT2D eigenvalue weighted by atomic mass is 9.79. The van der Waals surface area contributed by atoms with E-state index < -0.39 is 0 Å². The van der Waals surface area contributed by atoms with Gasteiger partial charge in [-0.2, -0.15) is 4.98 Å². The zero-order valence-corrected chi connectivity index (χ0v) is 22.1. The summed E-state index contributed by atoms with van der Waals surface area (Å²) in [4.78, 5) is 24.7. The maximum Gasteiger partial charge on any atom is 0.321 e. The number of piperazine rings is 1. The lowest BCUT2D eigenvalue weighted by Gasteiger charge is -2.39. The van der Waals surface area contributed by atoms with Crippen molar-refractivity contribution in [3.05, 3.63) is 34.9 Å². The lowest BCUT2D eigenvalue weighted by molar-refractivity contribution is 0.169. The van der Waals surface area contributed by atoms with Gasteiger partial charge in [0.1, 0.15) is 0 Å². The highest BCUT2D eigenvalue weighted by Gasteiger charge is 2.46. The number of para-hydroxylation sites is 1. The minimum absolute atomic E-state index is 0.0658. The van der Waals surface area contributed by atoms with Gasteiger partial charge in [0, 0.05) is 56.1 Å². The first kappa shape index (κ1) is 24.4. The smallest absolute Gasteiger partial charge is 0.321 e. The number of hydrogen-bond donors (Lipinski definition) is 1. The average Bonchev–Trinajstić information content (AvgIpc) is 3.38. The third-order valence-corrected chi connectivity index (χ3v) is 8.56. The van der Waals surface area contributed by atoms with Crippen molar-refractivity contribution < 1.29 is 9.32 Å². The Hall–Kier alpha value is -2.32. The Balaban J connectivity index is 1.23. The fourth-order valence-electron chi connectivity index (χ4n) is 5.11. The number of likely N-dealkylation sites (tertiary alicyclic amines) is 1. The summed E-state index contributed by atoms with van der Waals surface area (Å²) in [6.07, 6.45) is 3.80. The van der Waals surface area contributed by atoms with Crippen molar-refractivity contribution >= 4 is 29.0 Å². The van der Waals surface area contributed by atoms with Gasteiger partial charge in [0.15, 0.2) is 5.82 Å². The number of benzene rings is 1. The Morgan fingerprint density at radius 3 is 2.34 bits per heavy atom. The van der Waals surface area contributed by atoms with Crippen molar-refractivity contribution in [2.75, 3.05) is 49.5 Å². The number of aromatic nitrogens is 2. The zero-order valence-electron chi connectivity index (χ0n) is 21.3. The molecular weight excluding hydrogens is 464 g/mol. The molecule has 2 saturated heterocycles. The minimum atomic E-state index is -0.185. The molecule has 0 bridgehead atoms. The van der Waals surface area contributed by atoms with Crippen molar-refractivity contribution in [3.8, 4) is 0 Å². The summed E-state index contributed by atoms with van der Waals surface area (Å²) in [5.41, 5.74) is 1.57. The Labute approximate surface area is 213 Å². The first-order valence-corrected chi connectivity index (χ1v) is 13.2. The number of carbonyl (C=O) groups is 1. The van der Waals surface area contributed by atoms with E-state index in [1.807, 2.05) is 23.1 Å². The molecule has 2 amide bonds. The van der Waals surface area contributed by atoms with Crippen LogP contribution in [0, 0.1) is 0 Å². The van der Waals surface area contributed by atoms with Crippen molar-refractivity contribution in [1.29, 1.82) is 0 Å². The van der Waals surface area contributed by atoms with Crippen LogP contribution >= 0.6 is 11.6 Å². The molecule has 1 aromatic carbocycles. The van der Waals surface area contributed by atoms with E-state index in [0.29, 0.717) is 29.8 Å². The molecule has 0 spiro atoms. The highest BCUT2D eigenvalue weighted by Crippen LogP contribution is 2.47. The summed E-state index contributed by atoms with van der Waals surface area (Å²) in [5.74, 6) is 1.53. The zero-order chi connectivity index (χ0) is 24.8. The van der Waals surface area contributed by atoms with Gasteiger partial charge in [-0.05, 0) is 51.7 Å². The number of carbonyl (C=O) groups excluding carboxylic acids is 1. The van der Waals surface area contributed by atoms with E-state index in [9.17, 15) is 4.79 Å². The summed E-state index contributed by atoms with van der Waals surface area (Å²) in [6, 6.07) is 6.27. The van der Waals surface area contributed by atoms with Gasteiger partial charge in [-0.15, -0.1) is 0 Å². The third kappa shape index (κ3) is 4.87. The van der Waals surface area contributed by atoms with Gasteiger partial charge in [-0.1, -0.05) is 36.7 Å². The molecule has 35 heavy (non-hydrogen) atoms. The van der Waals surface area contributed by atoms with Gasteiger partial charge in [-0.25, -0.2) is 4.79 Å². The van der Waals surface area contributed by atoms with Gasteiger partial charge in [0.2, 0.25) is 5.89 Å². The van der Waals surface area contributed by atoms with Gasteiger partial charge in [-0.3, -0.25) is 4.90 Å². The van der Waals surface area contributed by atoms with Crippen molar-refractivity contribution in [1.82, 2.24) is 19.9 Å². The monoisotopic (exact) mass is 500 g/mol. The van der Waals surface area contributed by atoms with Crippen LogP contribution in [0.1, 0.15) is 65.1 Å². The Bertz CT molecular complexity index is 1070. The number of piperidine rings is 1. The van der Waals surface area contributed by atoms with Crippen molar-refractivity contribution in [3.63, 3.8) is 0 Å². The topological polar surface area (TPSA) is 77.7 Å². The fraction of sp³-hybridized carbons (Fsp3) is 0.654. The number of halogens is 1. The summed E-state index contributed by atoms with van der Waals surface area (Å²) in [7, 11) is 0. The molecule has 3 heterocycles. The van der Waals surface area contributed by atoms with Crippen LogP contribution in [-0.4, -0.2) is 71.3 Å². The standard InChI is InChI=1S/C26H37ClN6O2/c1-18(2)31-14-16-32(17-15-31)20-7-5-6-19(27)21(20)28-24(34)33-12-10-25(3,11-13-33)22-29-23(35-30-22)26(4)8-9-26/h5-7,18H,8-17H2,1-4H3,(H,28,34). The Kier molecular flexibility index (Phi) is 6.46. The van der Waals surface area contributed by atoms with E-state index in [4.69, 9.17) is 21.1 Å². The Morgan fingerprint density at radius 1 is 1.03 bits per heavy atom. The predicted octanol–water partition coefficient (Wildman–Crippen LogP) is 4.89. The number of hydrogen-bond acceptors (Lipinski definition) is 6. The number of amides is 2. The van der Waals surface area contributed by atoms with E-state index in [2.05, 4.69) is 48.0 Å². The maximum atomic E-state index is 13.3. The van der Waals surface area contributed by atoms with E-state index >= 15 is 0 Å². The highest BCUT2D eigenvalue weighted by molar-refractivity contribution is 6.34. The fourth-order valence-corrected chi connectivity index (χ4v) is 5.32. The number of anilines is 2. The van der Waals surface area contributed by atoms with Crippen LogP contribution < -0.4 is 10.2 Å². The van der Waals surface area contributed by atoms with E-state index in [1.54, 1.807) is 0 Å². The molecule has 9 heteroatoms. The molecule has 0 radical (unpaired) electrons. The van der Waals surface area contributed by atoms with Crippen molar-refractivity contribution in [2.24, 2.45) is 0 Å². The first-order valence-electron chi connectivity index (χ1n) is 12.9. The van der Waals surface area contributed by atoms with Gasteiger partial charge in [0.05, 0.1) is 16.4 Å². The molecule has 1 saturated carbocycles. The molecule has 2 aliphatic heterocycles. The molecular formula is C26H37ClN6O2. The molecule has 3 aliphatic rings. The summed E-state index contributed by atoms with van der Waals surface area (Å²) in [5, 5.41) is 8.01. The largest absolute Gasteiger partial charge is 0.367 e. The second-order valence-electron chi connectivity index (χ2n) is 11.2. The number of nitrogens with one attached hydrogen (secondary N) is 1. The van der Waals surface area contributed by atoms with Gasteiger partial charge >= 0.3 is 6.03 Å². The second-order valence-corrected chi connectivity index (χ2v) is 11.6. The normalized spacial score (nSPS) is 21.9. The minimum Gasteiger partial charge on any atom is -0.367 e. The molecule has 190 valence electrons. The van der Waals surface area contributed by atoms with E-state index in [1.165, 1.54) is 0 Å². The molecule has 1 N–H and O–H groups in total. The summed E-state index contributed by atoms with van der Waals surface area (Å²) in [6.45, 7) is 13.9. The third-order valence-electron chi connectivity index (χ3n) is 8.25. The van der Waals surface area contributed by atoms with Crippen LogP contribution in [0.5, 0.6) is 0 Å². The molecule has 3 fully saturated rings. The number of rotatable bonds is 5. The van der Waals surface area contributed by atoms with Crippen molar-refractivity contribution in [2.45, 2.75) is 70.3 Å². The number of urea groups is 1. The molecule has 1 aromatic heterocycles. The van der Waals surface area contributed by atoms with Crippen LogP contribution in [-0.2, 0) is 10.8 Å². The summed E-state index contributed by atoms with van der Waals surface area (Å²) >= 11 is 6.58. The van der Waals surface area contributed by atoms with E-state index in [-0.39, 0.29) is 16.9 Å². The van der Waals surface area contributed by atoms with Gasteiger partial charge in [0.25, 0.3) is 0 Å². The Morgan fingerprint density at radius 2 is 1.71 bits per heavy atom. The molecule has 0 atom stereocenters. The molecule has 8 nitrogen and oxygen atoms in total. The highest BCUT2D eigenvalue weighted by atomic mass is 35.5. The molecule has 5 rings (SSSR count). The van der Waals surface area contributed by atoms with Crippen LogP contribution in [0.15, 0.2) is 22.7 Å². The number of nitrogens with zero attached hydrogens (tertiary/aromatic N) is 5. The van der Waals surface area contributed by atoms with Crippen LogP contribution in [0.3, 0.4) is 0 Å². The lowest BCUT2D eigenvalue weighted by Crippen LogP contribution is -2.49. The van der Waals surface area contributed by atoms with Gasteiger partial charge < -0.3 is 19.6 Å². The molecule has 0 unspecified atom stereocenters. The predicted molar refractivity (Wildman–Crippen MR) is 138 cm³/mol. The van der Waals surface area contributed by atoms with Crippen LogP contribution in [0.25, 0.3) is 0 Å². The quantitative estimate of drug-likeness (QED) is 0.629. The van der Waals surface area contributed by atoms with Crippen LogP contribution in [0.2, 0.25) is 5.02 Å². The molecule has 1 aliphatic carbocycles.